The third kappa shape index (κ3) is 7.88. The molecule has 1 unspecified atom stereocenters. The van der Waals surface area contributed by atoms with Gasteiger partial charge in [-0.1, -0.05) is 65.3 Å². The summed E-state index contributed by atoms with van der Waals surface area (Å²) in [5.41, 5.74) is 3.83. The van der Waals surface area contributed by atoms with E-state index < -0.39 is 11.4 Å². The highest BCUT2D eigenvalue weighted by molar-refractivity contribution is 5.99. The van der Waals surface area contributed by atoms with Gasteiger partial charge in [0.15, 0.2) is 5.78 Å². The number of allylic oxidation sites excluding steroid dienone is 4. The molecule has 0 radical (unpaired) electrons. The molecule has 232 valence electrons. The Kier molecular flexibility index (Phi) is 9.29. The Hall–Kier alpha value is -4.12. The molecule has 0 aliphatic heterocycles. The molecule has 0 saturated carbocycles. The number of hydrogen-bond donors (Lipinski definition) is 0. The van der Waals surface area contributed by atoms with Gasteiger partial charge in [-0.3, -0.25) is 4.79 Å². The van der Waals surface area contributed by atoms with Crippen molar-refractivity contribution in [1.82, 2.24) is 0 Å². The number of benzene rings is 3. The lowest BCUT2D eigenvalue weighted by atomic mass is 9.72. The monoisotopic (exact) mass is 594 g/mol. The second kappa shape index (κ2) is 12.5. The molecule has 44 heavy (non-hydrogen) atoms. The minimum absolute atomic E-state index is 0.0542. The van der Waals surface area contributed by atoms with Gasteiger partial charge in [0, 0.05) is 22.3 Å². The second-order valence-electron chi connectivity index (χ2n) is 14.3. The number of hydrogen-bond acceptors (Lipinski definition) is 5. The molecule has 0 fully saturated rings. The number of rotatable bonds is 8. The van der Waals surface area contributed by atoms with E-state index in [0.29, 0.717) is 28.4 Å². The van der Waals surface area contributed by atoms with Crippen molar-refractivity contribution >= 4 is 11.8 Å². The zero-order valence-corrected chi connectivity index (χ0v) is 27.8. The third-order valence-corrected chi connectivity index (χ3v) is 7.91. The molecule has 0 saturated heterocycles. The van der Waals surface area contributed by atoms with Crippen LogP contribution in [0.15, 0.2) is 90.2 Å². The Morgan fingerprint density at radius 3 is 1.82 bits per heavy atom. The van der Waals surface area contributed by atoms with Crippen LogP contribution in [-0.2, 0) is 10.2 Å². The van der Waals surface area contributed by atoms with Crippen LogP contribution in [0.2, 0.25) is 0 Å². The van der Waals surface area contributed by atoms with E-state index in [2.05, 4.69) is 72.7 Å². The first-order valence-corrected chi connectivity index (χ1v) is 15.3. The van der Waals surface area contributed by atoms with Gasteiger partial charge >= 0.3 is 5.97 Å². The normalized spacial score (nSPS) is 15.6. The molecule has 5 heteroatoms. The quantitative estimate of drug-likeness (QED) is 0.192. The van der Waals surface area contributed by atoms with E-state index in [1.165, 1.54) is 11.1 Å². The highest BCUT2D eigenvalue weighted by Gasteiger charge is 2.31. The fourth-order valence-corrected chi connectivity index (χ4v) is 5.18. The molecule has 3 aromatic carbocycles. The second-order valence-corrected chi connectivity index (χ2v) is 14.3. The minimum Gasteiger partial charge on any atom is -0.488 e. The van der Waals surface area contributed by atoms with E-state index >= 15 is 0 Å². The van der Waals surface area contributed by atoms with Gasteiger partial charge in [0.05, 0.1) is 5.56 Å². The summed E-state index contributed by atoms with van der Waals surface area (Å²) >= 11 is 0. The van der Waals surface area contributed by atoms with Gasteiger partial charge in [-0.15, -0.1) is 0 Å². The van der Waals surface area contributed by atoms with Gasteiger partial charge in [0.1, 0.15) is 28.6 Å². The fourth-order valence-electron chi connectivity index (χ4n) is 5.18. The topological polar surface area (TPSA) is 61.8 Å². The van der Waals surface area contributed by atoms with Crippen LogP contribution in [0.3, 0.4) is 0 Å². The van der Waals surface area contributed by atoms with Gasteiger partial charge in [-0.25, -0.2) is 4.79 Å². The van der Waals surface area contributed by atoms with Gasteiger partial charge in [-0.05, 0) is 106 Å². The Labute approximate surface area is 262 Å². The molecule has 4 rings (SSSR count). The van der Waals surface area contributed by atoms with Crippen LogP contribution in [0.1, 0.15) is 101 Å². The maximum absolute atomic E-state index is 13.0. The molecule has 0 N–H and O–H groups in total. The summed E-state index contributed by atoms with van der Waals surface area (Å²) in [4.78, 5) is 25.5. The number of esters is 1. The molecule has 0 aromatic heterocycles. The third-order valence-electron chi connectivity index (χ3n) is 7.91. The van der Waals surface area contributed by atoms with Crippen LogP contribution in [-0.4, -0.2) is 17.4 Å². The van der Waals surface area contributed by atoms with Gasteiger partial charge < -0.3 is 14.2 Å². The van der Waals surface area contributed by atoms with E-state index in [0.717, 1.165) is 17.7 Å². The predicted octanol–water partition coefficient (Wildman–Crippen LogP) is 10.2. The molecule has 0 bridgehead atoms. The van der Waals surface area contributed by atoms with Crippen molar-refractivity contribution in [1.29, 1.82) is 0 Å². The van der Waals surface area contributed by atoms with Crippen molar-refractivity contribution in [3.8, 4) is 17.2 Å². The average molecular weight is 595 g/mol. The Morgan fingerprint density at radius 2 is 1.32 bits per heavy atom. The van der Waals surface area contributed by atoms with Crippen molar-refractivity contribution < 1.29 is 23.8 Å². The molecule has 5 nitrogen and oxygen atoms in total. The number of ketones is 1. The molecular formula is C39H46O5. The highest BCUT2D eigenvalue weighted by Crippen LogP contribution is 2.41. The van der Waals surface area contributed by atoms with Crippen LogP contribution >= 0.6 is 0 Å². The number of ether oxygens (including phenoxy) is 3. The standard InChI is InChI=1S/C39H46O5/c1-25-23-29(39(9,10)30-16-22-34(26(2)24-30)44-38(6,7)8)15-21-33(25)43-36(41)28-13-19-32(20-14-28)42-31-17-11-27(12-18-31)35(40)37(3,4)5/h11-22,24-25H,23H2,1-10H3. The zero-order chi connectivity index (χ0) is 32.4. The maximum Gasteiger partial charge on any atom is 0.343 e. The van der Waals surface area contributed by atoms with Crippen LogP contribution in [0, 0.1) is 18.3 Å². The largest absolute Gasteiger partial charge is 0.488 e. The van der Waals surface area contributed by atoms with Crippen molar-refractivity contribution in [2.75, 3.05) is 0 Å². The van der Waals surface area contributed by atoms with Crippen LogP contribution in [0.5, 0.6) is 17.2 Å². The number of Topliss-reactive ketones (excluding diaryl/α,β-unsaturated/α-hetero) is 1. The first kappa shape index (κ1) is 32.8. The van der Waals surface area contributed by atoms with Crippen molar-refractivity contribution in [2.45, 2.75) is 86.7 Å². The van der Waals surface area contributed by atoms with Crippen LogP contribution < -0.4 is 9.47 Å². The van der Waals surface area contributed by atoms with Gasteiger partial charge in [-0.2, -0.15) is 0 Å². The van der Waals surface area contributed by atoms with Crippen molar-refractivity contribution in [2.24, 2.45) is 11.3 Å². The van der Waals surface area contributed by atoms with E-state index in [1.807, 2.05) is 26.8 Å². The zero-order valence-electron chi connectivity index (χ0n) is 27.8. The molecule has 0 heterocycles. The molecule has 1 atom stereocenters. The summed E-state index contributed by atoms with van der Waals surface area (Å²) in [6, 6.07) is 20.4. The van der Waals surface area contributed by atoms with Gasteiger partial charge in [0.25, 0.3) is 0 Å². The summed E-state index contributed by atoms with van der Waals surface area (Å²) in [7, 11) is 0. The summed E-state index contributed by atoms with van der Waals surface area (Å²) < 4.78 is 17.9. The van der Waals surface area contributed by atoms with E-state index in [9.17, 15) is 9.59 Å². The van der Waals surface area contributed by atoms with E-state index in [-0.39, 0.29) is 22.7 Å². The molecule has 0 amide bonds. The number of carbonyl (C=O) groups is 2. The molecule has 3 aromatic rings. The van der Waals surface area contributed by atoms with Crippen LogP contribution in [0.25, 0.3) is 0 Å². The lowest BCUT2D eigenvalue weighted by Gasteiger charge is -2.33. The average Bonchev–Trinajstić information content (AvgIpc) is 2.94. The van der Waals surface area contributed by atoms with Crippen LogP contribution in [0.4, 0.5) is 0 Å². The molecular weight excluding hydrogens is 548 g/mol. The molecule has 0 spiro atoms. The van der Waals surface area contributed by atoms with Crippen molar-refractivity contribution in [3.63, 3.8) is 0 Å². The van der Waals surface area contributed by atoms with E-state index in [1.54, 1.807) is 48.5 Å². The van der Waals surface area contributed by atoms with Crippen molar-refractivity contribution in [3.05, 3.63) is 112 Å². The highest BCUT2D eigenvalue weighted by atomic mass is 16.5. The predicted molar refractivity (Wildman–Crippen MR) is 177 cm³/mol. The SMILES string of the molecule is Cc1cc(C(C)(C)C2=CC=C(OC(=O)c3ccc(Oc4ccc(C(=O)C(C)(C)C)cc4)cc3)C(C)C2)ccc1OC(C)(C)C. The number of aryl methyl sites for hydroxylation is 1. The smallest absolute Gasteiger partial charge is 0.343 e. The van der Waals surface area contributed by atoms with E-state index in [4.69, 9.17) is 14.2 Å². The lowest BCUT2D eigenvalue weighted by molar-refractivity contribution is 0.0588. The fraction of sp³-hybridized carbons (Fsp3) is 0.385. The Morgan fingerprint density at radius 1 is 0.750 bits per heavy atom. The first-order valence-electron chi connectivity index (χ1n) is 15.3. The summed E-state index contributed by atoms with van der Waals surface area (Å²) in [5, 5.41) is 0. The molecule has 1 aliphatic carbocycles. The summed E-state index contributed by atoms with van der Waals surface area (Å²) in [6.07, 6.45) is 4.81. The summed E-state index contributed by atoms with van der Waals surface area (Å²) in [6.45, 7) is 20.5. The Balaban J connectivity index is 1.41. The minimum atomic E-state index is -0.443. The lowest BCUT2D eigenvalue weighted by Crippen LogP contribution is -2.26. The first-order chi connectivity index (χ1) is 20.4. The Bertz CT molecular complexity index is 1570. The van der Waals surface area contributed by atoms with Gasteiger partial charge in [0.2, 0.25) is 0 Å². The number of carbonyl (C=O) groups excluding carboxylic acids is 2. The summed E-state index contributed by atoms with van der Waals surface area (Å²) in [5.74, 6) is 2.49. The molecule has 1 aliphatic rings. The maximum atomic E-state index is 13.0.